The van der Waals surface area contributed by atoms with Gasteiger partial charge in [-0.05, 0) is 34.4 Å². The summed E-state index contributed by atoms with van der Waals surface area (Å²) in [6, 6.07) is 20.7. The van der Waals surface area contributed by atoms with Crippen LogP contribution in [0.2, 0.25) is 0 Å². The summed E-state index contributed by atoms with van der Waals surface area (Å²) in [4.78, 5) is 54.1. The fourth-order valence-corrected chi connectivity index (χ4v) is 4.59. The molecule has 182 valence electrons. The maximum absolute atomic E-state index is 12.5. The van der Waals surface area contributed by atoms with Gasteiger partial charge in [-0.2, -0.15) is 0 Å². The van der Waals surface area contributed by atoms with Crippen LogP contribution in [-0.4, -0.2) is 53.3 Å². The first-order valence-electron chi connectivity index (χ1n) is 11.4. The highest BCUT2D eigenvalue weighted by molar-refractivity contribution is 6.20. The van der Waals surface area contributed by atoms with Crippen molar-refractivity contribution in [3.05, 3.63) is 95.1 Å². The largest absolute Gasteiger partial charge is 0.480 e. The lowest BCUT2D eigenvalue weighted by molar-refractivity contribution is -0.141. The molecule has 0 spiro atoms. The van der Waals surface area contributed by atoms with Crippen molar-refractivity contribution in [2.75, 3.05) is 13.2 Å². The molecule has 5 rings (SSSR count). The smallest absolute Gasteiger partial charge is 0.407 e. The van der Waals surface area contributed by atoms with Crippen molar-refractivity contribution in [3.8, 4) is 11.1 Å². The summed E-state index contributed by atoms with van der Waals surface area (Å²) in [5.74, 6) is -2.70. The highest BCUT2D eigenvalue weighted by Crippen LogP contribution is 2.44. The van der Waals surface area contributed by atoms with E-state index in [0.717, 1.165) is 22.3 Å². The third kappa shape index (κ3) is 4.20. The van der Waals surface area contributed by atoms with Crippen LogP contribution >= 0.6 is 0 Å². The lowest BCUT2D eigenvalue weighted by Gasteiger charge is -2.18. The quantitative estimate of drug-likeness (QED) is 0.467. The number of carbonyl (C=O) groups is 4. The van der Waals surface area contributed by atoms with Gasteiger partial charge in [-0.25, -0.2) is 9.59 Å². The second-order valence-electron chi connectivity index (χ2n) is 8.43. The number of hydrogen-bond donors (Lipinski definition) is 2. The van der Waals surface area contributed by atoms with Gasteiger partial charge >= 0.3 is 12.1 Å². The SMILES string of the molecule is O=C(NC(CCON1C(=O)c2ccccc2C1=O)C(=O)O)OCC1c2ccccc2-c2ccccc21. The van der Waals surface area contributed by atoms with Gasteiger partial charge in [0.25, 0.3) is 11.8 Å². The molecule has 0 saturated heterocycles. The Labute approximate surface area is 206 Å². The number of carbonyl (C=O) groups excluding carboxylic acids is 3. The van der Waals surface area contributed by atoms with Crippen molar-refractivity contribution < 1.29 is 33.9 Å². The topological polar surface area (TPSA) is 122 Å². The Morgan fingerprint density at radius 3 is 1.86 bits per heavy atom. The molecule has 0 saturated carbocycles. The molecule has 1 unspecified atom stereocenters. The van der Waals surface area contributed by atoms with E-state index in [-0.39, 0.29) is 36.7 Å². The normalized spacial score (nSPS) is 14.7. The van der Waals surface area contributed by atoms with Gasteiger partial charge in [-0.15, -0.1) is 5.06 Å². The van der Waals surface area contributed by atoms with E-state index in [2.05, 4.69) is 5.32 Å². The van der Waals surface area contributed by atoms with E-state index in [1.54, 1.807) is 12.1 Å². The van der Waals surface area contributed by atoms with Gasteiger partial charge in [0.1, 0.15) is 12.6 Å². The second kappa shape index (κ2) is 9.63. The monoisotopic (exact) mass is 486 g/mol. The molecule has 3 aromatic carbocycles. The number of nitrogens with one attached hydrogen (secondary N) is 1. The zero-order valence-corrected chi connectivity index (χ0v) is 19.0. The number of carboxylic acid groups (broad SMARTS) is 1. The number of benzene rings is 3. The predicted octanol–water partition coefficient (Wildman–Crippen LogP) is 3.60. The predicted molar refractivity (Wildman–Crippen MR) is 127 cm³/mol. The summed E-state index contributed by atoms with van der Waals surface area (Å²) >= 11 is 0. The lowest BCUT2D eigenvalue weighted by Crippen LogP contribution is -2.43. The first-order chi connectivity index (χ1) is 17.5. The number of hydrogen-bond acceptors (Lipinski definition) is 6. The minimum Gasteiger partial charge on any atom is -0.480 e. The average Bonchev–Trinajstić information content (AvgIpc) is 3.34. The number of rotatable bonds is 8. The molecule has 1 aliphatic carbocycles. The molecule has 36 heavy (non-hydrogen) atoms. The van der Waals surface area contributed by atoms with E-state index >= 15 is 0 Å². The molecule has 2 aliphatic rings. The molecule has 0 bridgehead atoms. The summed E-state index contributed by atoms with van der Waals surface area (Å²) < 4.78 is 5.40. The Bertz CT molecular complexity index is 1290. The molecular formula is C27H22N2O7. The van der Waals surface area contributed by atoms with E-state index in [9.17, 15) is 24.3 Å². The summed E-state index contributed by atoms with van der Waals surface area (Å²) in [5.41, 5.74) is 4.67. The maximum Gasteiger partial charge on any atom is 0.407 e. The molecule has 1 aliphatic heterocycles. The molecule has 1 heterocycles. The van der Waals surface area contributed by atoms with Crippen molar-refractivity contribution in [2.45, 2.75) is 18.4 Å². The lowest BCUT2D eigenvalue weighted by atomic mass is 9.98. The number of alkyl carbamates (subject to hydrolysis) is 1. The standard InChI is InChI=1S/C27H22N2O7/c30-24-20-11-5-6-12-21(20)25(31)29(24)36-14-13-23(26(32)33)28-27(34)35-15-22-18-9-3-1-7-16(18)17-8-2-4-10-19(17)22/h1-12,22-23H,13-15H2,(H,28,34)(H,32,33). The highest BCUT2D eigenvalue weighted by atomic mass is 16.7. The van der Waals surface area contributed by atoms with Gasteiger partial charge in [0.05, 0.1) is 17.7 Å². The number of nitrogens with zero attached hydrogens (tertiary/aromatic N) is 1. The fourth-order valence-electron chi connectivity index (χ4n) is 4.59. The van der Waals surface area contributed by atoms with E-state index in [1.807, 2.05) is 48.5 Å². The second-order valence-corrected chi connectivity index (χ2v) is 8.43. The summed E-state index contributed by atoms with van der Waals surface area (Å²) in [6.45, 7) is -0.246. The summed E-state index contributed by atoms with van der Waals surface area (Å²) in [7, 11) is 0. The summed E-state index contributed by atoms with van der Waals surface area (Å²) in [5, 5.41) is 12.5. The number of fused-ring (bicyclic) bond motifs is 4. The number of imide groups is 1. The van der Waals surface area contributed by atoms with Gasteiger partial charge in [-0.1, -0.05) is 60.7 Å². The van der Waals surface area contributed by atoms with E-state index in [1.165, 1.54) is 12.1 Å². The average molecular weight is 486 g/mol. The minimum absolute atomic E-state index is 0.0394. The van der Waals surface area contributed by atoms with Gasteiger partial charge < -0.3 is 15.2 Å². The van der Waals surface area contributed by atoms with Crippen molar-refractivity contribution in [3.63, 3.8) is 0 Å². The zero-order chi connectivity index (χ0) is 25.2. The maximum atomic E-state index is 12.5. The molecule has 1 atom stereocenters. The Morgan fingerprint density at radius 2 is 1.33 bits per heavy atom. The Kier molecular flexibility index (Phi) is 6.22. The first kappa shape index (κ1) is 23.3. The van der Waals surface area contributed by atoms with Gasteiger partial charge in [0, 0.05) is 12.3 Å². The van der Waals surface area contributed by atoms with Crippen LogP contribution in [0.3, 0.4) is 0 Å². The van der Waals surface area contributed by atoms with Crippen LogP contribution in [0, 0.1) is 0 Å². The molecular weight excluding hydrogens is 464 g/mol. The Hall–Kier alpha value is -4.50. The fraction of sp³-hybridized carbons (Fsp3) is 0.185. The molecule has 0 fully saturated rings. The number of carboxylic acids is 1. The van der Waals surface area contributed by atoms with Gasteiger partial charge in [0.2, 0.25) is 0 Å². The number of hydroxylamine groups is 2. The first-order valence-corrected chi connectivity index (χ1v) is 11.4. The third-order valence-electron chi connectivity index (χ3n) is 6.32. The van der Waals surface area contributed by atoms with Crippen molar-refractivity contribution in [1.29, 1.82) is 0 Å². The van der Waals surface area contributed by atoms with E-state index < -0.39 is 29.9 Å². The molecule has 9 nitrogen and oxygen atoms in total. The molecule has 3 amide bonds. The molecule has 9 heteroatoms. The van der Waals surface area contributed by atoms with Crippen molar-refractivity contribution >= 4 is 23.9 Å². The highest BCUT2D eigenvalue weighted by Gasteiger charge is 2.37. The van der Waals surface area contributed by atoms with Crippen LogP contribution in [0.1, 0.15) is 44.2 Å². The van der Waals surface area contributed by atoms with E-state index in [4.69, 9.17) is 9.57 Å². The molecule has 0 aromatic heterocycles. The van der Waals surface area contributed by atoms with Crippen LogP contribution in [-0.2, 0) is 14.4 Å². The Morgan fingerprint density at radius 1 is 0.833 bits per heavy atom. The molecule has 3 aromatic rings. The van der Waals surface area contributed by atoms with Crippen LogP contribution in [0.25, 0.3) is 11.1 Å². The number of aliphatic carboxylic acids is 1. The van der Waals surface area contributed by atoms with Crippen LogP contribution < -0.4 is 5.32 Å². The Balaban J connectivity index is 1.16. The number of amides is 3. The number of ether oxygens (including phenoxy) is 1. The van der Waals surface area contributed by atoms with Crippen LogP contribution in [0.15, 0.2) is 72.8 Å². The van der Waals surface area contributed by atoms with Gasteiger partial charge in [-0.3, -0.25) is 14.4 Å². The zero-order valence-electron chi connectivity index (χ0n) is 19.0. The van der Waals surface area contributed by atoms with Crippen LogP contribution in [0.4, 0.5) is 4.79 Å². The van der Waals surface area contributed by atoms with Crippen molar-refractivity contribution in [1.82, 2.24) is 10.4 Å². The van der Waals surface area contributed by atoms with Crippen LogP contribution in [0.5, 0.6) is 0 Å². The molecule has 0 radical (unpaired) electrons. The molecule has 2 N–H and O–H groups in total. The van der Waals surface area contributed by atoms with Gasteiger partial charge in [0.15, 0.2) is 0 Å². The third-order valence-corrected chi connectivity index (χ3v) is 6.32. The summed E-state index contributed by atoms with van der Waals surface area (Å²) in [6.07, 6.45) is -1.07. The minimum atomic E-state index is -1.34. The van der Waals surface area contributed by atoms with Crippen molar-refractivity contribution in [2.24, 2.45) is 0 Å². The van der Waals surface area contributed by atoms with E-state index in [0.29, 0.717) is 5.06 Å².